The highest BCUT2D eigenvalue weighted by Crippen LogP contribution is 2.21. The van der Waals surface area contributed by atoms with Crippen LogP contribution in [0.25, 0.3) is 0 Å². The molecule has 1 heterocycles. The van der Waals surface area contributed by atoms with Crippen LogP contribution in [0.2, 0.25) is 0 Å². The van der Waals surface area contributed by atoms with Gasteiger partial charge >= 0.3 is 0 Å². The molecule has 23 heavy (non-hydrogen) atoms. The Morgan fingerprint density at radius 1 is 1.26 bits per heavy atom. The number of hydrogen-bond donors (Lipinski definition) is 1. The molecule has 128 valence electrons. The second-order valence-corrected chi connectivity index (χ2v) is 7.43. The number of sulfonamides is 1. The third-order valence-corrected chi connectivity index (χ3v) is 6.08. The van der Waals surface area contributed by atoms with E-state index in [2.05, 4.69) is 5.32 Å². The summed E-state index contributed by atoms with van der Waals surface area (Å²) >= 11 is 0. The molecule has 0 spiro atoms. The van der Waals surface area contributed by atoms with Crippen molar-refractivity contribution in [2.45, 2.75) is 31.6 Å². The molecule has 1 amide bonds. The first-order valence-electron chi connectivity index (χ1n) is 7.97. The molecule has 0 atom stereocenters. The summed E-state index contributed by atoms with van der Waals surface area (Å²) in [5.74, 6) is -0.155. The smallest absolute Gasteiger partial charge is 0.243 e. The number of nitrogens with one attached hydrogen (secondary N) is 1. The van der Waals surface area contributed by atoms with E-state index in [9.17, 15) is 13.2 Å². The maximum Gasteiger partial charge on any atom is 0.243 e. The lowest BCUT2D eigenvalue weighted by Crippen LogP contribution is -2.31. The van der Waals surface area contributed by atoms with Gasteiger partial charge in [-0.25, -0.2) is 8.42 Å². The third-order valence-electron chi connectivity index (χ3n) is 4.04. The number of ether oxygens (including phenoxy) is 1. The number of amides is 1. The van der Waals surface area contributed by atoms with E-state index in [-0.39, 0.29) is 16.7 Å². The minimum absolute atomic E-state index is 0.0770. The number of nitrogens with zero attached hydrogens (tertiary/aromatic N) is 1. The molecule has 0 aliphatic carbocycles. The van der Waals surface area contributed by atoms with Crippen LogP contribution in [-0.4, -0.2) is 44.9 Å². The number of carbonyl (C=O) groups is 1. The lowest BCUT2D eigenvalue weighted by molar-refractivity contribution is -0.122. The van der Waals surface area contributed by atoms with Crippen LogP contribution in [0.1, 0.15) is 26.7 Å². The van der Waals surface area contributed by atoms with Crippen LogP contribution < -0.4 is 5.32 Å². The molecular formula is C16H24N2O4S. The van der Waals surface area contributed by atoms with Crippen molar-refractivity contribution in [2.24, 2.45) is 5.92 Å². The van der Waals surface area contributed by atoms with E-state index in [1.807, 2.05) is 0 Å². The molecule has 0 unspecified atom stereocenters. The van der Waals surface area contributed by atoms with Gasteiger partial charge in [-0.3, -0.25) is 4.79 Å². The Bertz CT molecular complexity index is 635. The predicted molar refractivity (Wildman–Crippen MR) is 88.7 cm³/mol. The van der Waals surface area contributed by atoms with Gasteiger partial charge in [0.2, 0.25) is 15.9 Å². The molecule has 1 saturated heterocycles. The maximum absolute atomic E-state index is 12.5. The average molecular weight is 340 g/mol. The Kier molecular flexibility index (Phi) is 6.15. The van der Waals surface area contributed by atoms with Crippen LogP contribution in [0.3, 0.4) is 0 Å². The van der Waals surface area contributed by atoms with Crippen LogP contribution in [0, 0.1) is 5.92 Å². The molecule has 2 rings (SSSR count). The fourth-order valence-corrected chi connectivity index (χ4v) is 4.16. The van der Waals surface area contributed by atoms with Gasteiger partial charge in [0.05, 0.1) is 4.90 Å². The predicted octanol–water partition coefficient (Wildman–Crippen LogP) is 2.08. The van der Waals surface area contributed by atoms with Crippen molar-refractivity contribution in [3.63, 3.8) is 0 Å². The summed E-state index contributed by atoms with van der Waals surface area (Å²) in [6.45, 7) is 5.62. The quantitative estimate of drug-likeness (QED) is 0.860. The Labute approximate surface area is 137 Å². The largest absolute Gasteiger partial charge is 0.381 e. The fraction of sp³-hybridized carbons (Fsp3) is 0.562. The normalized spacial score (nSPS) is 16.5. The first-order chi connectivity index (χ1) is 11.0. The zero-order valence-corrected chi connectivity index (χ0v) is 14.4. The van der Waals surface area contributed by atoms with Crippen molar-refractivity contribution in [3.8, 4) is 0 Å². The topological polar surface area (TPSA) is 75.7 Å². The van der Waals surface area contributed by atoms with E-state index in [0.29, 0.717) is 44.8 Å². The van der Waals surface area contributed by atoms with Crippen LogP contribution in [0.5, 0.6) is 0 Å². The van der Waals surface area contributed by atoms with Crippen LogP contribution in [0.4, 0.5) is 5.69 Å². The van der Waals surface area contributed by atoms with Gasteiger partial charge in [-0.05, 0) is 31.0 Å². The van der Waals surface area contributed by atoms with Gasteiger partial charge in [-0.15, -0.1) is 0 Å². The molecule has 1 aliphatic rings. The summed E-state index contributed by atoms with van der Waals surface area (Å²) in [6.07, 6.45) is 1.40. The van der Waals surface area contributed by atoms with E-state index in [0.717, 1.165) is 0 Å². The maximum atomic E-state index is 12.5. The molecule has 1 N–H and O–H groups in total. The Morgan fingerprint density at radius 3 is 2.52 bits per heavy atom. The number of anilines is 1. The van der Waals surface area contributed by atoms with Crippen molar-refractivity contribution >= 4 is 21.6 Å². The van der Waals surface area contributed by atoms with Gasteiger partial charge in [-0.1, -0.05) is 19.9 Å². The molecule has 0 radical (unpaired) electrons. The summed E-state index contributed by atoms with van der Waals surface area (Å²) in [7, 11) is -3.52. The number of benzene rings is 1. The summed E-state index contributed by atoms with van der Waals surface area (Å²) in [5.41, 5.74) is 0.509. The van der Waals surface area contributed by atoms with Crippen molar-refractivity contribution in [1.82, 2.24) is 4.31 Å². The van der Waals surface area contributed by atoms with E-state index >= 15 is 0 Å². The van der Waals surface area contributed by atoms with Crippen LogP contribution in [0.15, 0.2) is 29.2 Å². The summed E-state index contributed by atoms with van der Waals surface area (Å²) < 4.78 is 31.7. The van der Waals surface area contributed by atoms with Crippen LogP contribution in [-0.2, 0) is 19.6 Å². The van der Waals surface area contributed by atoms with E-state index in [1.165, 1.54) is 10.4 Å². The zero-order chi connectivity index (χ0) is 16.9. The van der Waals surface area contributed by atoms with Crippen molar-refractivity contribution in [1.29, 1.82) is 0 Å². The number of rotatable bonds is 6. The van der Waals surface area contributed by atoms with E-state index in [4.69, 9.17) is 4.74 Å². The molecule has 0 aromatic heterocycles. The molecule has 0 bridgehead atoms. The monoisotopic (exact) mass is 340 g/mol. The molecule has 1 aromatic rings. The molecule has 1 aromatic carbocycles. The molecule has 6 nitrogen and oxygen atoms in total. The van der Waals surface area contributed by atoms with Crippen molar-refractivity contribution < 1.29 is 17.9 Å². The standard InChI is InChI=1S/C16H24N2O4S/c1-3-18(4-2)23(20,21)15-7-5-6-14(12-15)17-16(19)13-8-10-22-11-9-13/h5-7,12-13H,3-4,8-11H2,1-2H3,(H,17,19). The zero-order valence-electron chi connectivity index (χ0n) is 13.6. The first kappa shape index (κ1) is 17.9. The van der Waals surface area contributed by atoms with Gasteiger partial charge < -0.3 is 10.1 Å². The van der Waals surface area contributed by atoms with Gasteiger partial charge in [0, 0.05) is 37.9 Å². The highest BCUT2D eigenvalue weighted by molar-refractivity contribution is 7.89. The second-order valence-electron chi connectivity index (χ2n) is 5.49. The number of hydrogen-bond acceptors (Lipinski definition) is 4. The highest BCUT2D eigenvalue weighted by atomic mass is 32.2. The Morgan fingerprint density at radius 2 is 1.91 bits per heavy atom. The van der Waals surface area contributed by atoms with Crippen molar-refractivity contribution in [3.05, 3.63) is 24.3 Å². The van der Waals surface area contributed by atoms with Gasteiger partial charge in [-0.2, -0.15) is 4.31 Å². The molecule has 1 fully saturated rings. The Balaban J connectivity index is 2.15. The molecule has 1 aliphatic heterocycles. The minimum atomic E-state index is -3.52. The van der Waals surface area contributed by atoms with Gasteiger partial charge in [0.25, 0.3) is 0 Å². The summed E-state index contributed by atoms with van der Waals surface area (Å²) in [4.78, 5) is 12.4. The van der Waals surface area contributed by atoms with Crippen LogP contribution >= 0.6 is 0 Å². The van der Waals surface area contributed by atoms with Crippen molar-refractivity contribution in [2.75, 3.05) is 31.6 Å². The summed E-state index contributed by atoms with van der Waals surface area (Å²) in [5, 5.41) is 2.82. The third kappa shape index (κ3) is 4.31. The first-order valence-corrected chi connectivity index (χ1v) is 9.41. The molecule has 7 heteroatoms. The SMILES string of the molecule is CCN(CC)S(=O)(=O)c1cccc(NC(=O)C2CCOCC2)c1. The lowest BCUT2D eigenvalue weighted by atomic mass is 9.99. The second kappa shape index (κ2) is 7.90. The van der Waals surface area contributed by atoms with E-state index < -0.39 is 10.0 Å². The number of carbonyl (C=O) groups excluding carboxylic acids is 1. The van der Waals surface area contributed by atoms with Gasteiger partial charge in [0.1, 0.15) is 0 Å². The molecule has 0 saturated carbocycles. The summed E-state index contributed by atoms with van der Waals surface area (Å²) in [6, 6.07) is 6.43. The van der Waals surface area contributed by atoms with Gasteiger partial charge in [0.15, 0.2) is 0 Å². The van der Waals surface area contributed by atoms with E-state index in [1.54, 1.807) is 32.0 Å². The highest BCUT2D eigenvalue weighted by Gasteiger charge is 2.24. The average Bonchev–Trinajstić information content (AvgIpc) is 2.57. The fourth-order valence-electron chi connectivity index (χ4n) is 2.65. The Hall–Kier alpha value is -1.44. The lowest BCUT2D eigenvalue weighted by Gasteiger charge is -2.22. The molecular weight excluding hydrogens is 316 g/mol. The minimum Gasteiger partial charge on any atom is -0.381 e.